The molecule has 118 valence electrons. The highest BCUT2D eigenvalue weighted by Crippen LogP contribution is 2.16. The van der Waals surface area contributed by atoms with Crippen molar-refractivity contribution in [2.45, 2.75) is 65.7 Å². The predicted octanol–water partition coefficient (Wildman–Crippen LogP) is 5.19. The van der Waals surface area contributed by atoms with Crippen LogP contribution in [0.2, 0.25) is 0 Å². The van der Waals surface area contributed by atoms with Crippen LogP contribution in [0.1, 0.15) is 64.9 Å². The molecule has 1 unspecified atom stereocenters. The van der Waals surface area contributed by atoms with Crippen molar-refractivity contribution < 1.29 is 9.53 Å². The third-order valence-corrected chi connectivity index (χ3v) is 3.92. The number of benzene rings is 1. The van der Waals surface area contributed by atoms with Gasteiger partial charge in [-0.3, -0.25) is 4.79 Å². The Kier molecular flexibility index (Phi) is 8.80. The Balaban J connectivity index is 2.22. The first-order chi connectivity index (χ1) is 10.2. The molecular weight excluding hydrogens is 260 g/mol. The normalized spacial score (nSPS) is 12.1. The number of hydrogen-bond acceptors (Lipinski definition) is 2. The molecule has 0 fully saturated rings. The van der Waals surface area contributed by atoms with Crippen LogP contribution in [-0.4, -0.2) is 12.4 Å². The molecule has 0 spiro atoms. The van der Waals surface area contributed by atoms with Gasteiger partial charge in [-0.05, 0) is 49.8 Å². The fourth-order valence-electron chi connectivity index (χ4n) is 2.29. The summed E-state index contributed by atoms with van der Waals surface area (Å²) in [6, 6.07) is 8.37. The molecule has 0 aliphatic carbocycles. The predicted molar refractivity (Wildman–Crippen MR) is 88.9 cm³/mol. The van der Waals surface area contributed by atoms with Gasteiger partial charge < -0.3 is 4.74 Å². The summed E-state index contributed by atoms with van der Waals surface area (Å²) in [5.41, 5.74) is 1.33. The molecule has 0 radical (unpaired) electrons. The Bertz CT molecular complexity index is 412. The fraction of sp³-hybridized carbons (Fsp3) is 0.632. The van der Waals surface area contributed by atoms with E-state index in [1.54, 1.807) is 0 Å². The molecule has 1 atom stereocenters. The average Bonchev–Trinajstić information content (AvgIpc) is 2.52. The Morgan fingerprint density at radius 3 is 2.71 bits per heavy atom. The van der Waals surface area contributed by atoms with E-state index in [9.17, 15) is 4.79 Å². The lowest BCUT2D eigenvalue weighted by Crippen LogP contribution is -2.09. The van der Waals surface area contributed by atoms with E-state index in [4.69, 9.17) is 4.74 Å². The van der Waals surface area contributed by atoms with E-state index in [1.807, 2.05) is 13.0 Å². The second-order valence-electron chi connectivity index (χ2n) is 5.83. The van der Waals surface area contributed by atoms with Crippen LogP contribution in [0.3, 0.4) is 0 Å². The molecule has 0 N–H and O–H groups in total. The summed E-state index contributed by atoms with van der Waals surface area (Å²) >= 11 is 0. The topological polar surface area (TPSA) is 26.3 Å². The zero-order chi connectivity index (χ0) is 15.5. The van der Waals surface area contributed by atoms with Crippen LogP contribution in [0.25, 0.3) is 0 Å². The number of carbonyl (C=O) groups is 1. The van der Waals surface area contributed by atoms with Crippen molar-refractivity contribution in [1.82, 2.24) is 0 Å². The first kappa shape index (κ1) is 17.7. The van der Waals surface area contributed by atoms with Crippen molar-refractivity contribution in [3.05, 3.63) is 29.8 Å². The SMILES string of the molecule is CCCOc1cccc(CCCCCC(=O)C(C)CC)c1. The summed E-state index contributed by atoms with van der Waals surface area (Å²) in [6.07, 6.45) is 7.11. The fourth-order valence-corrected chi connectivity index (χ4v) is 2.29. The lowest BCUT2D eigenvalue weighted by Gasteiger charge is -2.08. The molecule has 21 heavy (non-hydrogen) atoms. The molecule has 0 aromatic heterocycles. The quantitative estimate of drug-likeness (QED) is 0.524. The Hall–Kier alpha value is -1.31. The molecule has 2 heteroatoms. The number of ketones is 1. The van der Waals surface area contributed by atoms with Crippen molar-refractivity contribution in [3.63, 3.8) is 0 Å². The maximum absolute atomic E-state index is 11.7. The highest BCUT2D eigenvalue weighted by molar-refractivity contribution is 5.80. The minimum Gasteiger partial charge on any atom is -0.494 e. The van der Waals surface area contributed by atoms with Crippen molar-refractivity contribution in [2.75, 3.05) is 6.61 Å². The molecule has 0 heterocycles. The molecule has 0 amide bonds. The van der Waals surface area contributed by atoms with Gasteiger partial charge in [-0.25, -0.2) is 0 Å². The van der Waals surface area contributed by atoms with Crippen molar-refractivity contribution >= 4 is 5.78 Å². The van der Waals surface area contributed by atoms with Gasteiger partial charge in [-0.15, -0.1) is 0 Å². The number of aryl methyl sites for hydroxylation is 1. The second kappa shape index (κ2) is 10.4. The highest BCUT2D eigenvalue weighted by atomic mass is 16.5. The van der Waals surface area contributed by atoms with Crippen LogP contribution in [-0.2, 0) is 11.2 Å². The number of hydrogen-bond donors (Lipinski definition) is 0. The van der Waals surface area contributed by atoms with Gasteiger partial charge in [0, 0.05) is 12.3 Å². The monoisotopic (exact) mass is 290 g/mol. The summed E-state index contributed by atoms with van der Waals surface area (Å²) in [4.78, 5) is 11.7. The molecule has 2 nitrogen and oxygen atoms in total. The summed E-state index contributed by atoms with van der Waals surface area (Å²) in [6.45, 7) is 7.01. The first-order valence-electron chi connectivity index (χ1n) is 8.41. The largest absolute Gasteiger partial charge is 0.494 e. The molecule has 1 aromatic carbocycles. The highest BCUT2D eigenvalue weighted by Gasteiger charge is 2.09. The lowest BCUT2D eigenvalue weighted by molar-refractivity contribution is -0.122. The van der Waals surface area contributed by atoms with Gasteiger partial charge in [0.15, 0.2) is 0 Å². The summed E-state index contributed by atoms with van der Waals surface area (Å²) in [7, 11) is 0. The summed E-state index contributed by atoms with van der Waals surface area (Å²) in [5.74, 6) is 1.63. The third kappa shape index (κ3) is 7.31. The standard InChI is InChI=1S/C19H30O2/c1-4-14-21-18-12-9-11-17(15-18)10-7-6-8-13-19(20)16(3)5-2/h9,11-12,15-16H,4-8,10,13-14H2,1-3H3. The van der Waals surface area contributed by atoms with E-state index in [1.165, 1.54) is 5.56 Å². The minimum absolute atomic E-state index is 0.234. The molecule has 0 bridgehead atoms. The zero-order valence-electron chi connectivity index (χ0n) is 13.9. The van der Waals surface area contributed by atoms with E-state index < -0.39 is 0 Å². The zero-order valence-corrected chi connectivity index (χ0v) is 13.9. The van der Waals surface area contributed by atoms with Gasteiger partial charge in [0.05, 0.1) is 6.61 Å². The smallest absolute Gasteiger partial charge is 0.135 e. The van der Waals surface area contributed by atoms with Crippen LogP contribution in [0.5, 0.6) is 5.75 Å². The number of carbonyl (C=O) groups excluding carboxylic acids is 1. The van der Waals surface area contributed by atoms with Crippen molar-refractivity contribution in [2.24, 2.45) is 5.92 Å². The lowest BCUT2D eigenvalue weighted by atomic mass is 9.98. The van der Waals surface area contributed by atoms with Gasteiger partial charge in [0.25, 0.3) is 0 Å². The second-order valence-corrected chi connectivity index (χ2v) is 5.83. The van der Waals surface area contributed by atoms with E-state index in [2.05, 4.69) is 32.0 Å². The van der Waals surface area contributed by atoms with Crippen LogP contribution in [0, 0.1) is 5.92 Å². The van der Waals surface area contributed by atoms with E-state index in [0.29, 0.717) is 5.78 Å². The van der Waals surface area contributed by atoms with Gasteiger partial charge in [0.2, 0.25) is 0 Å². The Morgan fingerprint density at radius 1 is 1.19 bits per heavy atom. The Morgan fingerprint density at radius 2 is 2.00 bits per heavy atom. The van der Waals surface area contributed by atoms with E-state index in [-0.39, 0.29) is 5.92 Å². The van der Waals surface area contributed by atoms with E-state index >= 15 is 0 Å². The maximum Gasteiger partial charge on any atom is 0.135 e. The molecule has 0 aliphatic rings. The number of rotatable bonds is 11. The summed E-state index contributed by atoms with van der Waals surface area (Å²) in [5, 5.41) is 0. The molecular formula is C19H30O2. The van der Waals surface area contributed by atoms with Crippen LogP contribution < -0.4 is 4.74 Å². The van der Waals surface area contributed by atoms with Gasteiger partial charge in [-0.2, -0.15) is 0 Å². The minimum atomic E-state index is 0.234. The summed E-state index contributed by atoms with van der Waals surface area (Å²) < 4.78 is 5.65. The number of Topliss-reactive ketones (excluding diaryl/α,β-unsaturated/α-hetero) is 1. The Labute approximate surface area is 129 Å². The van der Waals surface area contributed by atoms with Gasteiger partial charge in [-0.1, -0.05) is 39.3 Å². The van der Waals surface area contributed by atoms with Crippen LogP contribution in [0.4, 0.5) is 0 Å². The maximum atomic E-state index is 11.7. The van der Waals surface area contributed by atoms with Gasteiger partial charge in [0.1, 0.15) is 11.5 Å². The van der Waals surface area contributed by atoms with Gasteiger partial charge >= 0.3 is 0 Å². The molecule has 0 saturated heterocycles. The van der Waals surface area contributed by atoms with Crippen molar-refractivity contribution in [1.29, 1.82) is 0 Å². The number of unbranched alkanes of at least 4 members (excludes halogenated alkanes) is 2. The first-order valence-corrected chi connectivity index (χ1v) is 8.41. The molecule has 0 saturated carbocycles. The van der Waals surface area contributed by atoms with Crippen LogP contribution in [0.15, 0.2) is 24.3 Å². The molecule has 1 rings (SSSR count). The average molecular weight is 290 g/mol. The third-order valence-electron chi connectivity index (χ3n) is 3.92. The van der Waals surface area contributed by atoms with Crippen molar-refractivity contribution in [3.8, 4) is 5.75 Å². The van der Waals surface area contributed by atoms with E-state index in [0.717, 1.165) is 57.3 Å². The molecule has 1 aromatic rings. The molecule has 0 aliphatic heterocycles. The number of ether oxygens (including phenoxy) is 1. The van der Waals surface area contributed by atoms with Crippen LogP contribution >= 0.6 is 0 Å².